The molecule has 2 aromatic heterocycles. The first kappa shape index (κ1) is 12.9. The molecule has 0 radical (unpaired) electrons. The van der Waals surface area contributed by atoms with Gasteiger partial charge in [-0.1, -0.05) is 19.8 Å². The number of fused-ring (bicyclic) bond motifs is 1. The Bertz CT molecular complexity index is 570. The number of hydrogen-bond acceptors (Lipinski definition) is 2. The van der Waals surface area contributed by atoms with E-state index in [1.807, 2.05) is 12.4 Å². The van der Waals surface area contributed by atoms with Crippen molar-refractivity contribution in [2.75, 3.05) is 0 Å². The molecular weight excluding hydrogens is 258 g/mol. The molecule has 0 aliphatic heterocycles. The van der Waals surface area contributed by atoms with E-state index in [1.165, 1.54) is 37.6 Å². The summed E-state index contributed by atoms with van der Waals surface area (Å²) in [5.41, 5.74) is 2.57. The highest BCUT2D eigenvalue weighted by atomic mass is 35.5. The lowest BCUT2D eigenvalue weighted by molar-refractivity contribution is 0.238. The van der Waals surface area contributed by atoms with Gasteiger partial charge in [0, 0.05) is 12.7 Å². The molecule has 0 unspecified atom stereocenters. The summed E-state index contributed by atoms with van der Waals surface area (Å²) in [6.45, 7) is 3.36. The van der Waals surface area contributed by atoms with Crippen molar-refractivity contribution in [1.82, 2.24) is 14.5 Å². The summed E-state index contributed by atoms with van der Waals surface area (Å²) in [5, 5.41) is 0. The van der Waals surface area contributed by atoms with Crippen LogP contribution in [0.5, 0.6) is 0 Å². The van der Waals surface area contributed by atoms with Gasteiger partial charge in [0.2, 0.25) is 0 Å². The van der Waals surface area contributed by atoms with Crippen LogP contribution < -0.4 is 0 Å². The fraction of sp³-hybridized carbons (Fsp3) is 0.600. The molecule has 0 N–H and O–H groups in total. The van der Waals surface area contributed by atoms with E-state index in [-0.39, 0.29) is 0 Å². The molecule has 1 aliphatic rings. The van der Waals surface area contributed by atoms with Crippen LogP contribution in [0.1, 0.15) is 44.9 Å². The van der Waals surface area contributed by atoms with Gasteiger partial charge in [-0.2, -0.15) is 0 Å². The third-order valence-electron chi connectivity index (χ3n) is 4.66. The van der Waals surface area contributed by atoms with Gasteiger partial charge in [-0.3, -0.25) is 4.98 Å². The van der Waals surface area contributed by atoms with E-state index < -0.39 is 0 Å². The van der Waals surface area contributed by atoms with E-state index in [1.54, 1.807) is 0 Å². The number of hydrogen-bond donors (Lipinski definition) is 0. The quantitative estimate of drug-likeness (QED) is 0.787. The summed E-state index contributed by atoms with van der Waals surface area (Å²) in [4.78, 5) is 8.76. The average molecular weight is 278 g/mol. The van der Waals surface area contributed by atoms with Crippen molar-refractivity contribution in [2.45, 2.75) is 51.5 Å². The highest BCUT2D eigenvalue weighted by Crippen LogP contribution is 2.43. The third kappa shape index (κ3) is 2.25. The Morgan fingerprint density at radius 2 is 2.16 bits per heavy atom. The second kappa shape index (κ2) is 5.12. The lowest BCUT2D eigenvalue weighted by atomic mass is 9.83. The zero-order valence-electron chi connectivity index (χ0n) is 11.4. The van der Waals surface area contributed by atoms with Gasteiger partial charge in [0.15, 0.2) is 0 Å². The molecule has 3 rings (SSSR count). The van der Waals surface area contributed by atoms with Crippen LogP contribution >= 0.6 is 11.6 Å². The van der Waals surface area contributed by atoms with Gasteiger partial charge < -0.3 is 4.57 Å². The second-order valence-corrected chi connectivity index (χ2v) is 5.94. The van der Waals surface area contributed by atoms with Crippen LogP contribution in [-0.4, -0.2) is 14.5 Å². The number of halogens is 1. The van der Waals surface area contributed by atoms with Gasteiger partial charge in [-0.15, -0.1) is 11.6 Å². The third-order valence-corrected chi connectivity index (χ3v) is 4.90. The average Bonchev–Trinajstić information content (AvgIpc) is 3.05. The van der Waals surface area contributed by atoms with Crippen LogP contribution in [0.2, 0.25) is 0 Å². The molecule has 0 aromatic carbocycles. The van der Waals surface area contributed by atoms with E-state index in [2.05, 4.69) is 27.5 Å². The summed E-state index contributed by atoms with van der Waals surface area (Å²) in [5.74, 6) is 1.44. The molecule has 1 saturated carbocycles. The molecule has 2 heterocycles. The SMILES string of the molecule is CCC1(Cn2c(CCl)nc3cnccc32)CCCC1. The Hall–Kier alpha value is -1.09. The molecule has 4 heteroatoms. The van der Waals surface area contributed by atoms with Gasteiger partial charge in [0.25, 0.3) is 0 Å². The molecule has 19 heavy (non-hydrogen) atoms. The Balaban J connectivity index is 2.03. The van der Waals surface area contributed by atoms with Crippen LogP contribution in [0, 0.1) is 5.41 Å². The van der Waals surface area contributed by atoms with Gasteiger partial charge in [-0.25, -0.2) is 4.98 Å². The van der Waals surface area contributed by atoms with Crippen LogP contribution in [0.4, 0.5) is 0 Å². The summed E-state index contributed by atoms with van der Waals surface area (Å²) >= 11 is 6.07. The van der Waals surface area contributed by atoms with Gasteiger partial charge in [-0.05, 0) is 30.7 Å². The smallest absolute Gasteiger partial charge is 0.124 e. The lowest BCUT2D eigenvalue weighted by Crippen LogP contribution is -2.23. The first-order chi connectivity index (χ1) is 9.28. The standard InChI is InChI=1S/C15H20ClN3/c1-2-15(6-3-4-7-15)11-19-13-5-8-17-10-12(13)18-14(19)9-16/h5,8,10H,2-4,6-7,9,11H2,1H3. The van der Waals surface area contributed by atoms with Gasteiger partial charge in [0.1, 0.15) is 11.3 Å². The van der Waals surface area contributed by atoms with E-state index in [0.29, 0.717) is 11.3 Å². The number of nitrogens with zero attached hydrogens (tertiary/aromatic N) is 3. The number of aromatic nitrogens is 3. The zero-order valence-corrected chi connectivity index (χ0v) is 12.2. The van der Waals surface area contributed by atoms with Crippen molar-refractivity contribution in [3.63, 3.8) is 0 Å². The lowest BCUT2D eigenvalue weighted by Gasteiger charge is -2.29. The maximum absolute atomic E-state index is 6.07. The summed E-state index contributed by atoms with van der Waals surface area (Å²) < 4.78 is 2.32. The van der Waals surface area contributed by atoms with E-state index in [0.717, 1.165) is 17.9 Å². The van der Waals surface area contributed by atoms with E-state index >= 15 is 0 Å². The molecule has 0 atom stereocenters. The van der Waals surface area contributed by atoms with Crippen LogP contribution in [0.15, 0.2) is 18.5 Å². The molecular formula is C15H20ClN3. The number of rotatable bonds is 4. The van der Waals surface area contributed by atoms with Crippen molar-refractivity contribution in [3.05, 3.63) is 24.3 Å². The largest absolute Gasteiger partial charge is 0.326 e. The first-order valence-corrected chi connectivity index (χ1v) is 7.66. The molecule has 0 spiro atoms. The van der Waals surface area contributed by atoms with Crippen molar-refractivity contribution in [3.8, 4) is 0 Å². The topological polar surface area (TPSA) is 30.7 Å². The molecule has 1 fully saturated rings. The van der Waals surface area contributed by atoms with Gasteiger partial charge >= 0.3 is 0 Å². The Labute approximate surface area is 119 Å². The van der Waals surface area contributed by atoms with Crippen LogP contribution in [-0.2, 0) is 12.4 Å². The minimum absolute atomic E-state index is 0.442. The highest BCUT2D eigenvalue weighted by molar-refractivity contribution is 6.16. The maximum atomic E-state index is 6.07. The zero-order chi connectivity index (χ0) is 13.3. The fourth-order valence-corrected chi connectivity index (χ4v) is 3.60. The van der Waals surface area contributed by atoms with Crippen molar-refractivity contribution in [1.29, 1.82) is 0 Å². The molecule has 1 aliphatic carbocycles. The second-order valence-electron chi connectivity index (χ2n) is 5.67. The molecule has 0 bridgehead atoms. The first-order valence-electron chi connectivity index (χ1n) is 7.13. The molecule has 0 saturated heterocycles. The number of imidazole rings is 1. The summed E-state index contributed by atoms with van der Waals surface area (Å²) in [6.07, 6.45) is 10.3. The van der Waals surface area contributed by atoms with E-state index in [4.69, 9.17) is 11.6 Å². The summed E-state index contributed by atoms with van der Waals surface area (Å²) in [6, 6.07) is 2.05. The Morgan fingerprint density at radius 3 is 2.84 bits per heavy atom. The fourth-order valence-electron chi connectivity index (χ4n) is 3.39. The Morgan fingerprint density at radius 1 is 1.37 bits per heavy atom. The Kier molecular flexibility index (Phi) is 3.48. The number of alkyl halides is 1. The predicted octanol–water partition coefficient (Wildman–Crippen LogP) is 4.14. The molecule has 0 amide bonds. The highest BCUT2D eigenvalue weighted by Gasteiger charge is 2.33. The van der Waals surface area contributed by atoms with Crippen LogP contribution in [0.25, 0.3) is 11.0 Å². The predicted molar refractivity (Wildman–Crippen MR) is 78.3 cm³/mol. The maximum Gasteiger partial charge on any atom is 0.124 e. The van der Waals surface area contributed by atoms with Crippen molar-refractivity contribution >= 4 is 22.6 Å². The molecule has 102 valence electrons. The monoisotopic (exact) mass is 277 g/mol. The summed E-state index contributed by atoms with van der Waals surface area (Å²) in [7, 11) is 0. The van der Waals surface area contributed by atoms with Gasteiger partial charge in [0.05, 0.1) is 17.6 Å². The van der Waals surface area contributed by atoms with Crippen molar-refractivity contribution in [2.24, 2.45) is 5.41 Å². The van der Waals surface area contributed by atoms with E-state index in [9.17, 15) is 0 Å². The normalized spacial score (nSPS) is 18.2. The van der Waals surface area contributed by atoms with Crippen LogP contribution in [0.3, 0.4) is 0 Å². The number of pyridine rings is 1. The molecule has 2 aromatic rings. The minimum Gasteiger partial charge on any atom is -0.326 e. The van der Waals surface area contributed by atoms with Crippen molar-refractivity contribution < 1.29 is 0 Å². The minimum atomic E-state index is 0.442. The molecule has 3 nitrogen and oxygen atoms in total.